The lowest BCUT2D eigenvalue weighted by atomic mass is 9.74. The second-order valence-corrected chi connectivity index (χ2v) is 7.33. The van der Waals surface area contributed by atoms with Gasteiger partial charge in [-0.3, -0.25) is 4.79 Å². The minimum Gasteiger partial charge on any atom is -0.361 e. The van der Waals surface area contributed by atoms with Gasteiger partial charge in [0.25, 0.3) is 5.91 Å². The molecule has 1 aliphatic carbocycles. The van der Waals surface area contributed by atoms with Crippen molar-refractivity contribution < 1.29 is 4.79 Å². The molecule has 2 atom stereocenters. The summed E-state index contributed by atoms with van der Waals surface area (Å²) in [5, 5.41) is 1.15. The number of nitrogens with zero attached hydrogens (tertiary/aromatic N) is 1. The van der Waals surface area contributed by atoms with Gasteiger partial charge in [-0.05, 0) is 60.4 Å². The smallest absolute Gasteiger partial charge is 0.254 e. The van der Waals surface area contributed by atoms with Gasteiger partial charge in [-0.15, -0.1) is 0 Å². The molecule has 3 heteroatoms. The van der Waals surface area contributed by atoms with E-state index in [2.05, 4.69) is 34.1 Å². The number of H-pyrrole nitrogens is 1. The first-order valence-electron chi connectivity index (χ1n) is 9.27. The highest BCUT2D eigenvalue weighted by Gasteiger charge is 2.38. The molecule has 25 heavy (non-hydrogen) atoms. The zero-order valence-electron chi connectivity index (χ0n) is 14.2. The second kappa shape index (κ2) is 5.76. The zero-order valence-corrected chi connectivity index (χ0v) is 14.2. The molecule has 0 unspecified atom stereocenters. The maximum atomic E-state index is 13.2. The highest BCUT2D eigenvalue weighted by atomic mass is 16.2. The summed E-state index contributed by atoms with van der Waals surface area (Å²) in [5.41, 5.74) is 4.78. The minimum absolute atomic E-state index is 0.186. The van der Waals surface area contributed by atoms with Crippen LogP contribution >= 0.6 is 0 Å². The Labute approximate surface area is 147 Å². The van der Waals surface area contributed by atoms with Crippen molar-refractivity contribution in [3.8, 4) is 0 Å². The fourth-order valence-corrected chi connectivity index (χ4v) is 4.80. The SMILES string of the molecule is O=C(c1ccc2cc[nH]c2c1)N1CCC[C@@H]2c3ccccc3CC[C@@H]21. The van der Waals surface area contributed by atoms with E-state index in [1.165, 1.54) is 17.5 Å². The summed E-state index contributed by atoms with van der Waals surface area (Å²) in [6.45, 7) is 0.880. The molecule has 1 aliphatic heterocycles. The average Bonchev–Trinajstić information content (AvgIpc) is 3.14. The van der Waals surface area contributed by atoms with Crippen LogP contribution in [0.1, 0.15) is 46.7 Å². The van der Waals surface area contributed by atoms with E-state index >= 15 is 0 Å². The van der Waals surface area contributed by atoms with Gasteiger partial charge in [0.05, 0.1) is 0 Å². The van der Waals surface area contributed by atoms with Gasteiger partial charge in [0, 0.05) is 35.8 Å². The average molecular weight is 330 g/mol. The summed E-state index contributed by atoms with van der Waals surface area (Å²) in [6, 6.07) is 17.2. The first kappa shape index (κ1) is 14.8. The number of amides is 1. The lowest BCUT2D eigenvalue weighted by Crippen LogP contribution is -2.49. The zero-order chi connectivity index (χ0) is 16.8. The third-order valence-electron chi connectivity index (χ3n) is 6.01. The topological polar surface area (TPSA) is 36.1 Å². The predicted octanol–water partition coefficient (Wildman–Crippen LogP) is 4.50. The highest BCUT2D eigenvalue weighted by Crippen LogP contribution is 2.41. The van der Waals surface area contributed by atoms with E-state index in [-0.39, 0.29) is 5.91 Å². The van der Waals surface area contributed by atoms with Crippen molar-refractivity contribution in [3.63, 3.8) is 0 Å². The van der Waals surface area contributed by atoms with Crippen molar-refractivity contribution >= 4 is 16.8 Å². The van der Waals surface area contributed by atoms with Gasteiger partial charge < -0.3 is 9.88 Å². The number of likely N-dealkylation sites (tertiary alicyclic amines) is 1. The molecule has 0 radical (unpaired) electrons. The molecule has 5 rings (SSSR count). The van der Waals surface area contributed by atoms with Crippen LogP contribution in [0.5, 0.6) is 0 Å². The van der Waals surface area contributed by atoms with Crippen LogP contribution in [0, 0.1) is 0 Å². The Morgan fingerprint density at radius 3 is 2.96 bits per heavy atom. The molecule has 3 nitrogen and oxygen atoms in total. The quantitative estimate of drug-likeness (QED) is 0.700. The van der Waals surface area contributed by atoms with Crippen molar-refractivity contribution in [2.75, 3.05) is 6.54 Å². The van der Waals surface area contributed by atoms with Crippen LogP contribution < -0.4 is 0 Å². The number of hydrogen-bond acceptors (Lipinski definition) is 1. The fraction of sp³-hybridized carbons (Fsp3) is 0.318. The first-order chi connectivity index (χ1) is 12.3. The molecule has 1 aromatic heterocycles. The summed E-state index contributed by atoms with van der Waals surface area (Å²) in [4.78, 5) is 18.6. The Kier molecular flexibility index (Phi) is 3.40. The number of carbonyl (C=O) groups excluding carboxylic acids is 1. The molecule has 0 bridgehead atoms. The van der Waals surface area contributed by atoms with Crippen LogP contribution in [0.25, 0.3) is 10.9 Å². The first-order valence-corrected chi connectivity index (χ1v) is 9.27. The third kappa shape index (κ3) is 2.38. The number of nitrogens with one attached hydrogen (secondary N) is 1. The Morgan fingerprint density at radius 2 is 2.00 bits per heavy atom. The summed E-state index contributed by atoms with van der Waals surface area (Å²) in [7, 11) is 0. The molecule has 2 aliphatic rings. The van der Waals surface area contributed by atoms with Gasteiger partial charge >= 0.3 is 0 Å². The van der Waals surface area contributed by atoms with E-state index in [1.807, 2.05) is 30.5 Å². The lowest BCUT2D eigenvalue weighted by molar-refractivity contribution is 0.0547. The van der Waals surface area contributed by atoms with E-state index in [1.54, 1.807) is 0 Å². The molecule has 1 saturated heterocycles. The van der Waals surface area contributed by atoms with Gasteiger partial charge in [0.1, 0.15) is 0 Å². The highest BCUT2D eigenvalue weighted by molar-refractivity contribution is 5.98. The van der Waals surface area contributed by atoms with Crippen molar-refractivity contribution in [1.29, 1.82) is 0 Å². The lowest BCUT2D eigenvalue weighted by Gasteiger charge is -2.45. The largest absolute Gasteiger partial charge is 0.361 e. The Balaban J connectivity index is 1.48. The van der Waals surface area contributed by atoms with E-state index in [0.717, 1.165) is 42.3 Å². The summed E-state index contributed by atoms with van der Waals surface area (Å²) in [6.07, 6.45) is 6.37. The molecule has 3 aromatic rings. The summed E-state index contributed by atoms with van der Waals surface area (Å²) in [5.74, 6) is 0.683. The van der Waals surface area contributed by atoms with Crippen LogP contribution in [0.15, 0.2) is 54.7 Å². The molecule has 0 saturated carbocycles. The molecular formula is C22H22N2O. The Morgan fingerprint density at radius 1 is 1.08 bits per heavy atom. The van der Waals surface area contributed by atoms with Gasteiger partial charge in [-0.2, -0.15) is 0 Å². The Hall–Kier alpha value is -2.55. The molecule has 1 amide bonds. The number of aromatic amines is 1. The molecule has 1 fully saturated rings. The van der Waals surface area contributed by atoms with Crippen molar-refractivity contribution in [3.05, 3.63) is 71.4 Å². The maximum absolute atomic E-state index is 13.2. The van der Waals surface area contributed by atoms with Crippen LogP contribution in [0.4, 0.5) is 0 Å². The molecule has 2 aromatic carbocycles. The molecule has 1 N–H and O–H groups in total. The van der Waals surface area contributed by atoms with Crippen LogP contribution in [-0.2, 0) is 6.42 Å². The number of benzene rings is 2. The van der Waals surface area contributed by atoms with E-state index in [9.17, 15) is 4.79 Å². The normalized spacial score (nSPS) is 22.5. The predicted molar refractivity (Wildman–Crippen MR) is 99.9 cm³/mol. The van der Waals surface area contributed by atoms with Crippen LogP contribution in [-0.4, -0.2) is 28.4 Å². The summed E-state index contributed by atoms with van der Waals surface area (Å²) < 4.78 is 0. The van der Waals surface area contributed by atoms with Gasteiger partial charge in [0.15, 0.2) is 0 Å². The molecule has 126 valence electrons. The van der Waals surface area contributed by atoms with Crippen molar-refractivity contribution in [2.24, 2.45) is 0 Å². The van der Waals surface area contributed by atoms with E-state index < -0.39 is 0 Å². The number of carbonyl (C=O) groups is 1. The van der Waals surface area contributed by atoms with E-state index in [0.29, 0.717) is 12.0 Å². The van der Waals surface area contributed by atoms with Gasteiger partial charge in [-0.1, -0.05) is 30.3 Å². The molecular weight excluding hydrogens is 308 g/mol. The third-order valence-corrected chi connectivity index (χ3v) is 6.01. The number of piperidine rings is 1. The number of aromatic nitrogens is 1. The van der Waals surface area contributed by atoms with Gasteiger partial charge in [-0.25, -0.2) is 0 Å². The number of fused-ring (bicyclic) bond motifs is 4. The van der Waals surface area contributed by atoms with E-state index in [4.69, 9.17) is 0 Å². The monoisotopic (exact) mass is 330 g/mol. The van der Waals surface area contributed by atoms with Gasteiger partial charge in [0.2, 0.25) is 0 Å². The fourth-order valence-electron chi connectivity index (χ4n) is 4.80. The Bertz CT molecular complexity index is 942. The standard InChI is InChI=1S/C22H22N2O/c25-22(17-8-7-16-11-12-23-20(16)14-17)24-13-3-6-19-18-5-2-1-4-15(18)9-10-21(19)24/h1-2,4-5,7-8,11-12,14,19,21,23H,3,6,9-10,13H2/t19-,21+/m1/s1. The van der Waals surface area contributed by atoms with Crippen LogP contribution in [0.2, 0.25) is 0 Å². The number of rotatable bonds is 1. The molecule has 2 heterocycles. The second-order valence-electron chi connectivity index (χ2n) is 7.33. The number of aryl methyl sites for hydroxylation is 1. The van der Waals surface area contributed by atoms with Crippen molar-refractivity contribution in [1.82, 2.24) is 9.88 Å². The van der Waals surface area contributed by atoms with Crippen molar-refractivity contribution in [2.45, 2.75) is 37.6 Å². The summed E-state index contributed by atoms with van der Waals surface area (Å²) >= 11 is 0. The minimum atomic E-state index is 0.186. The van der Waals surface area contributed by atoms with Crippen LogP contribution in [0.3, 0.4) is 0 Å². The molecule has 0 spiro atoms. The number of hydrogen-bond donors (Lipinski definition) is 1. The maximum Gasteiger partial charge on any atom is 0.254 e.